The molecule has 4 heterocycles. The Hall–Kier alpha value is -0.950. The second kappa shape index (κ2) is 3.79. The highest BCUT2D eigenvalue weighted by Gasteiger charge is 3.00. The number of fused-ring (bicyclic) bond motifs is 4. The van der Waals surface area contributed by atoms with Crippen LogP contribution in [-0.2, 0) is 23.7 Å². The lowest BCUT2D eigenvalue weighted by Gasteiger charge is -2.53. The van der Waals surface area contributed by atoms with Crippen LogP contribution in [0.3, 0.4) is 0 Å². The van der Waals surface area contributed by atoms with Crippen LogP contribution in [-0.4, -0.2) is 58.9 Å². The molecular weight excluding hydrogens is 336 g/mol. The fraction of sp³-hybridized carbons (Fsp3) is 0.850. The van der Waals surface area contributed by atoms with Gasteiger partial charge in [-0.25, -0.2) is 4.79 Å². The summed E-state index contributed by atoms with van der Waals surface area (Å²) in [5.74, 6) is 0.297. The molecule has 4 aliphatic heterocycles. The lowest BCUT2D eigenvalue weighted by Crippen LogP contribution is -2.69. The maximum Gasteiger partial charge on any atom is 0.334 e. The molecule has 7 rings (SSSR count). The SMILES string of the molecule is CC(C)[C@]12O[C@H]1[C@@H]1O[C@@]13[C@]1(O[C@H]1C[C@H]1C4=C(CC[C@@]13C)C(=O)OC4)[C@@H]2O. The average molecular weight is 360 g/mol. The first-order valence-electron chi connectivity index (χ1n) is 9.95. The molecule has 0 radical (unpaired) electrons. The largest absolute Gasteiger partial charge is 0.458 e. The van der Waals surface area contributed by atoms with Gasteiger partial charge in [-0.2, -0.15) is 0 Å². The molecule has 2 spiro atoms. The first-order chi connectivity index (χ1) is 12.3. The number of carbonyl (C=O) groups is 1. The van der Waals surface area contributed by atoms with E-state index in [0.717, 1.165) is 30.4 Å². The van der Waals surface area contributed by atoms with Crippen molar-refractivity contribution < 1.29 is 28.8 Å². The molecule has 1 N–H and O–H groups in total. The molecule has 0 aromatic heterocycles. The highest BCUT2D eigenvalue weighted by atomic mass is 16.7. The summed E-state index contributed by atoms with van der Waals surface area (Å²) in [6.07, 6.45) is 1.71. The lowest BCUT2D eigenvalue weighted by atomic mass is 9.46. The number of hydrogen-bond donors (Lipinski definition) is 1. The van der Waals surface area contributed by atoms with Crippen molar-refractivity contribution >= 4 is 5.97 Å². The van der Waals surface area contributed by atoms with E-state index in [4.69, 9.17) is 18.9 Å². The number of rotatable bonds is 1. The molecule has 6 heteroatoms. The topological polar surface area (TPSA) is 84.1 Å². The van der Waals surface area contributed by atoms with Crippen molar-refractivity contribution in [2.75, 3.05) is 6.61 Å². The van der Waals surface area contributed by atoms with Crippen LogP contribution < -0.4 is 0 Å². The Bertz CT molecular complexity index is 819. The van der Waals surface area contributed by atoms with E-state index in [0.29, 0.717) is 6.61 Å². The van der Waals surface area contributed by atoms with E-state index in [9.17, 15) is 9.90 Å². The van der Waals surface area contributed by atoms with E-state index < -0.39 is 22.9 Å². The molecule has 140 valence electrons. The van der Waals surface area contributed by atoms with Crippen LogP contribution in [0.25, 0.3) is 0 Å². The average Bonchev–Trinajstić information content (AvgIpc) is 3.47. The zero-order valence-corrected chi connectivity index (χ0v) is 15.3. The van der Waals surface area contributed by atoms with Crippen molar-refractivity contribution in [2.45, 2.75) is 81.3 Å². The number of cyclic esters (lactones) is 1. The van der Waals surface area contributed by atoms with Crippen molar-refractivity contribution in [2.24, 2.45) is 17.3 Å². The Balaban J connectivity index is 1.39. The summed E-state index contributed by atoms with van der Waals surface area (Å²) in [5.41, 5.74) is 0.230. The first-order valence-corrected chi connectivity index (χ1v) is 9.95. The molecular formula is C20H24O6. The molecule has 0 amide bonds. The van der Waals surface area contributed by atoms with Gasteiger partial charge in [-0.15, -0.1) is 0 Å². The van der Waals surface area contributed by atoms with Crippen molar-refractivity contribution in [3.05, 3.63) is 11.1 Å². The van der Waals surface area contributed by atoms with Crippen molar-refractivity contribution in [1.29, 1.82) is 0 Å². The van der Waals surface area contributed by atoms with Crippen LogP contribution in [0.5, 0.6) is 0 Å². The second-order valence-corrected chi connectivity index (χ2v) is 9.91. The maximum atomic E-state index is 12.1. The van der Waals surface area contributed by atoms with Gasteiger partial charge in [-0.05, 0) is 36.7 Å². The normalized spacial score (nSPS) is 63.1. The van der Waals surface area contributed by atoms with Gasteiger partial charge in [0, 0.05) is 11.0 Å². The van der Waals surface area contributed by atoms with E-state index in [1.807, 2.05) is 0 Å². The molecule has 5 fully saturated rings. The van der Waals surface area contributed by atoms with Gasteiger partial charge in [0.15, 0.2) is 5.60 Å². The number of aliphatic hydroxyl groups is 1. The fourth-order valence-electron chi connectivity index (χ4n) is 7.70. The summed E-state index contributed by atoms with van der Waals surface area (Å²) < 4.78 is 24.3. The number of carbonyl (C=O) groups excluding carboxylic acids is 1. The van der Waals surface area contributed by atoms with Crippen molar-refractivity contribution in [3.63, 3.8) is 0 Å². The number of aliphatic hydroxyl groups excluding tert-OH is 1. The van der Waals surface area contributed by atoms with E-state index in [1.165, 1.54) is 0 Å². The Labute approximate surface area is 151 Å². The van der Waals surface area contributed by atoms with Gasteiger partial charge in [-0.1, -0.05) is 20.8 Å². The smallest absolute Gasteiger partial charge is 0.334 e. The molecule has 3 saturated heterocycles. The van der Waals surface area contributed by atoms with Gasteiger partial charge >= 0.3 is 5.97 Å². The van der Waals surface area contributed by atoms with Crippen LogP contribution in [0.2, 0.25) is 0 Å². The lowest BCUT2D eigenvalue weighted by molar-refractivity contribution is -0.136. The first kappa shape index (κ1) is 15.0. The van der Waals surface area contributed by atoms with Crippen LogP contribution in [0.4, 0.5) is 0 Å². The zero-order chi connectivity index (χ0) is 17.9. The van der Waals surface area contributed by atoms with Crippen LogP contribution in [0.1, 0.15) is 40.0 Å². The second-order valence-electron chi connectivity index (χ2n) is 9.91. The minimum Gasteiger partial charge on any atom is -0.458 e. The van der Waals surface area contributed by atoms with E-state index in [-0.39, 0.29) is 41.5 Å². The molecule has 7 aliphatic rings. The summed E-state index contributed by atoms with van der Waals surface area (Å²) in [5, 5.41) is 11.4. The van der Waals surface area contributed by atoms with Gasteiger partial charge in [0.05, 0.1) is 6.10 Å². The van der Waals surface area contributed by atoms with Crippen LogP contribution in [0, 0.1) is 17.3 Å². The third-order valence-corrected chi connectivity index (χ3v) is 9.10. The van der Waals surface area contributed by atoms with Gasteiger partial charge in [-0.3, -0.25) is 0 Å². The predicted molar refractivity (Wildman–Crippen MR) is 87.1 cm³/mol. The Morgan fingerprint density at radius 3 is 2.77 bits per heavy atom. The summed E-state index contributed by atoms with van der Waals surface area (Å²) in [4.78, 5) is 12.1. The Morgan fingerprint density at radius 2 is 2.00 bits per heavy atom. The third-order valence-electron chi connectivity index (χ3n) is 9.10. The number of epoxide rings is 3. The standard InChI is InChI=1S/C20H24O6/c1-8(2)18-13(25-18)14-20(26-14)17(3)5-4-9-10(7-23-15(9)21)11(17)6-12-19(20,24-12)16(18)22/h8,11-14,16,22H,4-7H2,1-3H3/t11-,12-,13-,14-,16+,17-,18-,19+,20-/m0/s1. The highest BCUT2D eigenvalue weighted by Crippen LogP contribution is 2.82. The molecule has 6 nitrogen and oxygen atoms in total. The molecule has 0 bridgehead atoms. The molecule has 0 aromatic carbocycles. The summed E-state index contributed by atoms with van der Waals surface area (Å²) >= 11 is 0. The summed E-state index contributed by atoms with van der Waals surface area (Å²) in [6.45, 7) is 6.91. The van der Waals surface area contributed by atoms with Crippen LogP contribution >= 0.6 is 0 Å². The highest BCUT2D eigenvalue weighted by molar-refractivity contribution is 5.92. The number of hydrogen-bond acceptors (Lipinski definition) is 6. The van der Waals surface area contributed by atoms with E-state index in [2.05, 4.69) is 20.8 Å². The van der Waals surface area contributed by atoms with Gasteiger partial charge in [0.2, 0.25) is 0 Å². The van der Waals surface area contributed by atoms with E-state index >= 15 is 0 Å². The summed E-state index contributed by atoms with van der Waals surface area (Å²) in [7, 11) is 0. The third kappa shape index (κ3) is 1.14. The Morgan fingerprint density at radius 1 is 1.19 bits per heavy atom. The quantitative estimate of drug-likeness (QED) is 0.557. The maximum absolute atomic E-state index is 12.1. The van der Waals surface area contributed by atoms with E-state index in [1.54, 1.807) is 0 Å². The molecule has 0 aromatic rings. The monoisotopic (exact) mass is 360 g/mol. The number of ether oxygens (including phenoxy) is 4. The fourth-order valence-corrected chi connectivity index (χ4v) is 7.70. The predicted octanol–water partition coefficient (Wildman–Crippen LogP) is 1.10. The zero-order valence-electron chi connectivity index (χ0n) is 15.3. The van der Waals surface area contributed by atoms with Gasteiger partial charge in [0.1, 0.15) is 36.1 Å². The number of esters is 1. The molecule has 26 heavy (non-hydrogen) atoms. The minimum atomic E-state index is -0.654. The molecule has 0 unspecified atom stereocenters. The minimum absolute atomic E-state index is 0.00808. The van der Waals surface area contributed by atoms with Crippen molar-refractivity contribution in [1.82, 2.24) is 0 Å². The van der Waals surface area contributed by atoms with Gasteiger partial charge in [0.25, 0.3) is 0 Å². The van der Waals surface area contributed by atoms with Crippen LogP contribution in [0.15, 0.2) is 11.1 Å². The van der Waals surface area contributed by atoms with Crippen molar-refractivity contribution in [3.8, 4) is 0 Å². The molecule has 2 saturated carbocycles. The Kier molecular flexibility index (Phi) is 2.19. The molecule has 9 atom stereocenters. The summed E-state index contributed by atoms with van der Waals surface area (Å²) in [6, 6.07) is 0. The van der Waals surface area contributed by atoms with Gasteiger partial charge < -0.3 is 24.1 Å². The molecule has 3 aliphatic carbocycles.